The molecule has 0 aromatic heterocycles. The van der Waals surface area contributed by atoms with Crippen LogP contribution in [0.1, 0.15) is 100.0 Å². The summed E-state index contributed by atoms with van der Waals surface area (Å²) in [5.74, 6) is -1.20. The minimum atomic E-state index is -1.28. The number of primary amides is 1. The summed E-state index contributed by atoms with van der Waals surface area (Å²) in [5, 5.41) is 16.2. The number of hydrogen-bond acceptors (Lipinski definition) is 11. The van der Waals surface area contributed by atoms with Gasteiger partial charge in [-0.1, -0.05) is 33.8 Å². The van der Waals surface area contributed by atoms with E-state index in [1.54, 1.807) is 48.8 Å². The van der Waals surface area contributed by atoms with Crippen molar-refractivity contribution >= 4 is 30.0 Å². The number of esters is 1. The molecule has 2 aliphatic rings. The molecule has 3 rings (SSSR count). The van der Waals surface area contributed by atoms with E-state index in [2.05, 4.69) is 24.5 Å². The second-order valence-corrected chi connectivity index (χ2v) is 17.9. The van der Waals surface area contributed by atoms with Crippen LogP contribution < -0.4 is 25.8 Å². The van der Waals surface area contributed by atoms with Crippen molar-refractivity contribution in [1.29, 1.82) is 0 Å². The molecular weight excluding hydrogens is 752 g/mol. The highest BCUT2D eigenvalue weighted by Crippen LogP contribution is 2.40. The second-order valence-electron chi connectivity index (χ2n) is 17.9. The molecular formula is C42H68N4O12. The van der Waals surface area contributed by atoms with Gasteiger partial charge in [-0.05, 0) is 102 Å². The van der Waals surface area contributed by atoms with Crippen molar-refractivity contribution in [1.82, 2.24) is 15.5 Å². The molecule has 0 radical (unpaired) electrons. The maximum atomic E-state index is 13.7. The predicted octanol–water partition coefficient (Wildman–Crippen LogP) is 5.28. The van der Waals surface area contributed by atoms with Gasteiger partial charge in [-0.25, -0.2) is 14.4 Å². The Morgan fingerprint density at radius 3 is 2.19 bits per heavy atom. The average molecular weight is 821 g/mol. The topological polar surface area (TPSA) is 214 Å². The summed E-state index contributed by atoms with van der Waals surface area (Å²) >= 11 is 0. The zero-order valence-electron chi connectivity index (χ0n) is 36.3. The first-order valence-corrected chi connectivity index (χ1v) is 20.3. The molecule has 328 valence electrons. The second kappa shape index (κ2) is 20.6. The molecule has 16 nitrogen and oxygen atoms in total. The molecule has 1 aromatic rings. The van der Waals surface area contributed by atoms with E-state index >= 15 is 0 Å². The summed E-state index contributed by atoms with van der Waals surface area (Å²) in [4.78, 5) is 66.0. The Bertz CT molecular complexity index is 1570. The minimum Gasteiger partial charge on any atom is -0.493 e. The van der Waals surface area contributed by atoms with E-state index in [4.69, 9.17) is 34.2 Å². The normalized spacial score (nSPS) is 19.9. The van der Waals surface area contributed by atoms with Crippen LogP contribution in [-0.2, 0) is 39.8 Å². The fraction of sp³-hybridized carbons (Fsp3) is 0.738. The van der Waals surface area contributed by atoms with Gasteiger partial charge in [-0.2, -0.15) is 0 Å². The summed E-state index contributed by atoms with van der Waals surface area (Å²) in [6.45, 7) is 16.9. The number of nitrogens with one attached hydrogen (secondary N) is 2. The van der Waals surface area contributed by atoms with Crippen LogP contribution in [0.15, 0.2) is 18.2 Å². The number of ether oxygens (including phenoxy) is 6. The number of carbonyl (C=O) groups is 5. The molecule has 5 N–H and O–H groups in total. The molecule has 2 fully saturated rings. The van der Waals surface area contributed by atoms with Crippen LogP contribution in [-0.4, -0.2) is 110 Å². The Labute approximate surface area is 343 Å². The number of carbonyl (C=O) groups excluding carboxylic acids is 4. The molecule has 1 saturated carbocycles. The molecule has 1 saturated heterocycles. The summed E-state index contributed by atoms with van der Waals surface area (Å²) in [7, 11) is 3.21. The number of rotatable bonds is 22. The molecule has 5 atom stereocenters. The van der Waals surface area contributed by atoms with E-state index in [0.29, 0.717) is 56.8 Å². The van der Waals surface area contributed by atoms with Crippen molar-refractivity contribution in [3.05, 3.63) is 23.8 Å². The van der Waals surface area contributed by atoms with Crippen LogP contribution in [0.2, 0.25) is 0 Å². The molecule has 1 heterocycles. The lowest BCUT2D eigenvalue weighted by molar-refractivity contribution is -0.154. The number of alkyl carbamates (subject to hydrolysis) is 1. The quantitative estimate of drug-likeness (QED) is 0.0869. The van der Waals surface area contributed by atoms with Crippen LogP contribution in [0, 0.1) is 29.1 Å². The molecule has 16 heteroatoms. The third kappa shape index (κ3) is 13.6. The van der Waals surface area contributed by atoms with Gasteiger partial charge >= 0.3 is 18.2 Å². The lowest BCUT2D eigenvalue weighted by atomic mass is 9.80. The lowest BCUT2D eigenvalue weighted by Gasteiger charge is -2.33. The van der Waals surface area contributed by atoms with Gasteiger partial charge in [0, 0.05) is 32.6 Å². The van der Waals surface area contributed by atoms with E-state index in [1.165, 1.54) is 4.90 Å². The number of carboxylic acid groups (broad SMARTS) is 1. The fourth-order valence-electron chi connectivity index (χ4n) is 6.91. The molecule has 0 bridgehead atoms. The monoisotopic (exact) mass is 820 g/mol. The first kappa shape index (κ1) is 48.1. The number of benzene rings is 1. The highest BCUT2D eigenvalue weighted by molar-refractivity contribution is 5.89. The Hall–Kier alpha value is -4.31. The smallest absolute Gasteiger partial charge is 0.409 e. The summed E-state index contributed by atoms with van der Waals surface area (Å²) in [6.07, 6.45) is -1.54. The first-order chi connectivity index (χ1) is 27.0. The van der Waals surface area contributed by atoms with Gasteiger partial charge < -0.3 is 49.9 Å². The number of nitrogens with two attached hydrogens (primary N) is 1. The van der Waals surface area contributed by atoms with Crippen molar-refractivity contribution in [3.63, 3.8) is 0 Å². The fourth-order valence-corrected chi connectivity index (χ4v) is 6.91. The third-order valence-corrected chi connectivity index (χ3v) is 10.9. The van der Waals surface area contributed by atoms with Crippen molar-refractivity contribution < 1.29 is 57.5 Å². The third-order valence-electron chi connectivity index (χ3n) is 10.9. The van der Waals surface area contributed by atoms with Gasteiger partial charge in [0.05, 0.1) is 31.3 Å². The van der Waals surface area contributed by atoms with Gasteiger partial charge in [-0.15, -0.1) is 0 Å². The van der Waals surface area contributed by atoms with Gasteiger partial charge in [0.2, 0.25) is 11.8 Å². The Balaban J connectivity index is 1.92. The number of hydrogen-bond donors (Lipinski definition) is 4. The summed E-state index contributed by atoms with van der Waals surface area (Å²) < 4.78 is 34.3. The van der Waals surface area contributed by atoms with Crippen molar-refractivity contribution in [2.24, 2.45) is 34.8 Å². The molecule has 1 aliphatic heterocycles. The van der Waals surface area contributed by atoms with Gasteiger partial charge in [0.25, 0.3) is 0 Å². The molecule has 1 unspecified atom stereocenters. The molecule has 1 aliphatic carbocycles. The van der Waals surface area contributed by atoms with Gasteiger partial charge in [0.15, 0.2) is 17.7 Å². The van der Waals surface area contributed by atoms with Crippen molar-refractivity contribution in [3.8, 4) is 11.5 Å². The van der Waals surface area contributed by atoms with E-state index < -0.39 is 71.5 Å². The average Bonchev–Trinajstić information content (AvgIpc) is 3.82. The van der Waals surface area contributed by atoms with Gasteiger partial charge in [-0.3, -0.25) is 14.5 Å². The Morgan fingerprint density at radius 1 is 0.983 bits per heavy atom. The Morgan fingerprint density at radius 2 is 1.66 bits per heavy atom. The largest absolute Gasteiger partial charge is 0.493 e. The number of amides is 4. The van der Waals surface area contributed by atoms with E-state index in [1.807, 2.05) is 32.0 Å². The van der Waals surface area contributed by atoms with E-state index in [9.17, 15) is 29.1 Å². The zero-order valence-corrected chi connectivity index (χ0v) is 36.3. The predicted molar refractivity (Wildman–Crippen MR) is 215 cm³/mol. The zero-order chi connectivity index (χ0) is 43.6. The molecule has 4 amide bonds. The maximum absolute atomic E-state index is 13.7. The maximum Gasteiger partial charge on any atom is 0.409 e. The molecule has 0 spiro atoms. The van der Waals surface area contributed by atoms with Crippen LogP contribution in [0.5, 0.6) is 11.5 Å². The van der Waals surface area contributed by atoms with Crippen molar-refractivity contribution in [2.45, 2.75) is 130 Å². The summed E-state index contributed by atoms with van der Waals surface area (Å²) in [6, 6.07) is 5.01. The van der Waals surface area contributed by atoms with Gasteiger partial charge in [0.1, 0.15) is 17.7 Å². The van der Waals surface area contributed by atoms with Crippen LogP contribution in [0.3, 0.4) is 0 Å². The van der Waals surface area contributed by atoms with Crippen LogP contribution in [0.25, 0.3) is 0 Å². The van der Waals surface area contributed by atoms with Crippen LogP contribution in [0.4, 0.5) is 9.59 Å². The van der Waals surface area contributed by atoms with Crippen molar-refractivity contribution in [2.75, 3.05) is 40.6 Å². The highest BCUT2D eigenvalue weighted by Gasteiger charge is 2.55. The van der Waals surface area contributed by atoms with E-state index in [0.717, 1.165) is 5.56 Å². The standard InChI is InChI=1S/C42H68N4O12/c1-25(2)28(19-27-13-14-31(54-11)33(20-27)55-18-12-17-53-10)21-30-32(22-29(26(3)4)35(47)44-24-41(8,9)36(43)48)57-34(46(30)39(51)52)23-56-37(49)42(15-16-42)45-38(50)58-40(5,6)7/h13-14,20,25-26,28-30,32,34H,12,15-19,21-24H2,1-11H3,(H2,43,48)(H,44,47)(H,45,50)(H,51,52)/t28-,29-,30-,32-,34?/m0/s1. The summed E-state index contributed by atoms with van der Waals surface area (Å²) in [5.41, 5.74) is 3.48. The Kier molecular flexibility index (Phi) is 17.1. The first-order valence-electron chi connectivity index (χ1n) is 20.3. The number of methoxy groups -OCH3 is 2. The van der Waals surface area contributed by atoms with Crippen LogP contribution >= 0.6 is 0 Å². The highest BCUT2D eigenvalue weighted by atomic mass is 16.6. The van der Waals surface area contributed by atoms with E-state index in [-0.39, 0.29) is 36.6 Å². The molecule has 1 aromatic carbocycles. The SMILES string of the molecule is COCCCOc1cc(C[C@@H](C[C@H]2[C@H](C[C@H](C(=O)NCC(C)(C)C(N)=O)C(C)C)OC(COC(=O)C3(NC(=O)OC(C)(C)C)CC3)N2C(=O)O)C(C)C)ccc1OC. The minimum absolute atomic E-state index is 0.0214. The lowest BCUT2D eigenvalue weighted by Crippen LogP contribution is -2.49. The number of nitrogens with zero attached hydrogens (tertiary/aromatic N) is 1. The molecule has 58 heavy (non-hydrogen) atoms.